The Morgan fingerprint density at radius 3 is 2.06 bits per heavy atom. The van der Waals surface area contributed by atoms with E-state index in [2.05, 4.69) is 15.6 Å². The zero-order valence-corrected chi connectivity index (χ0v) is 18.1. The van der Waals surface area contributed by atoms with E-state index in [4.69, 9.17) is 0 Å². The summed E-state index contributed by atoms with van der Waals surface area (Å²) in [5.41, 5.74) is 2.86. The number of hydrogen-bond donors (Lipinski definition) is 2. The van der Waals surface area contributed by atoms with Crippen molar-refractivity contribution in [2.24, 2.45) is 0 Å². The summed E-state index contributed by atoms with van der Waals surface area (Å²) in [5, 5.41) is 6.78. The highest BCUT2D eigenvalue weighted by Gasteiger charge is 2.14. The van der Waals surface area contributed by atoms with Crippen LogP contribution in [0.15, 0.2) is 102 Å². The van der Waals surface area contributed by atoms with Crippen molar-refractivity contribution in [2.45, 2.75) is 6.54 Å². The number of nitrogens with one attached hydrogen (secondary N) is 2. The summed E-state index contributed by atoms with van der Waals surface area (Å²) in [6.07, 6.45) is 3.19. The maximum atomic E-state index is 13.0. The van der Waals surface area contributed by atoms with Gasteiger partial charge >= 0.3 is 0 Å². The standard InChI is InChI=1S/C27H20N4O3/c32-25(29-20-7-5-6-18(16-20)27(34)30-19-12-14-28-15-13-19)17-31-23-10-3-1-8-21(23)26(33)22-9-2-4-11-24(22)31/h1-16H,17H2,(H,29,32)(H,28,30,34). The Morgan fingerprint density at radius 2 is 1.38 bits per heavy atom. The summed E-state index contributed by atoms with van der Waals surface area (Å²) < 4.78 is 1.83. The molecule has 0 aliphatic carbocycles. The van der Waals surface area contributed by atoms with Crippen molar-refractivity contribution >= 4 is 45.0 Å². The van der Waals surface area contributed by atoms with Crippen LogP contribution in [0.5, 0.6) is 0 Å². The Morgan fingerprint density at radius 1 is 0.735 bits per heavy atom. The molecule has 0 spiro atoms. The summed E-state index contributed by atoms with van der Waals surface area (Å²) in [6, 6.07) is 24.6. The summed E-state index contributed by atoms with van der Waals surface area (Å²) in [7, 11) is 0. The average molecular weight is 448 g/mol. The predicted molar refractivity (Wildman–Crippen MR) is 133 cm³/mol. The van der Waals surface area contributed by atoms with Crippen molar-refractivity contribution in [3.63, 3.8) is 0 Å². The van der Waals surface area contributed by atoms with Crippen molar-refractivity contribution in [1.29, 1.82) is 0 Å². The monoisotopic (exact) mass is 448 g/mol. The van der Waals surface area contributed by atoms with Crippen molar-refractivity contribution in [2.75, 3.05) is 10.6 Å². The Labute approximate surface area is 194 Å². The summed E-state index contributed by atoms with van der Waals surface area (Å²) >= 11 is 0. The first-order valence-electron chi connectivity index (χ1n) is 10.7. The molecule has 7 nitrogen and oxygen atoms in total. The predicted octanol–water partition coefficient (Wildman–Crippen LogP) is 4.44. The van der Waals surface area contributed by atoms with Crippen LogP contribution >= 0.6 is 0 Å². The maximum Gasteiger partial charge on any atom is 0.255 e. The van der Waals surface area contributed by atoms with E-state index in [1.807, 2.05) is 41.0 Å². The molecule has 2 N–H and O–H groups in total. The Balaban J connectivity index is 1.41. The molecule has 166 valence electrons. The van der Waals surface area contributed by atoms with Gasteiger partial charge in [-0.15, -0.1) is 0 Å². The lowest BCUT2D eigenvalue weighted by Crippen LogP contribution is -2.21. The minimum absolute atomic E-state index is 0.00868. The smallest absolute Gasteiger partial charge is 0.255 e. The first kappa shape index (κ1) is 21.1. The molecule has 2 heterocycles. The summed E-state index contributed by atoms with van der Waals surface area (Å²) in [4.78, 5) is 42.4. The third-order valence-corrected chi connectivity index (χ3v) is 5.53. The molecule has 5 rings (SSSR count). The number of nitrogens with zero attached hydrogens (tertiary/aromatic N) is 2. The van der Waals surface area contributed by atoms with Crippen LogP contribution in [0.4, 0.5) is 11.4 Å². The number of rotatable bonds is 5. The fourth-order valence-electron chi connectivity index (χ4n) is 3.97. The van der Waals surface area contributed by atoms with E-state index >= 15 is 0 Å². The van der Waals surface area contributed by atoms with Crippen LogP contribution < -0.4 is 16.1 Å². The molecule has 0 saturated carbocycles. The highest BCUT2D eigenvalue weighted by atomic mass is 16.2. The molecule has 0 aliphatic rings. The number of pyridine rings is 2. The maximum absolute atomic E-state index is 13.0. The van der Waals surface area contributed by atoms with Crippen LogP contribution in [0.1, 0.15) is 10.4 Å². The number of carbonyl (C=O) groups is 2. The molecule has 2 amide bonds. The van der Waals surface area contributed by atoms with Crippen molar-refractivity contribution in [1.82, 2.24) is 9.55 Å². The van der Waals surface area contributed by atoms with Gasteiger partial charge in [-0.25, -0.2) is 0 Å². The van der Waals surface area contributed by atoms with Crippen molar-refractivity contribution in [3.05, 3.63) is 113 Å². The lowest BCUT2D eigenvalue weighted by molar-refractivity contribution is -0.116. The SMILES string of the molecule is O=C(Cn1c2ccccc2c(=O)c2ccccc21)Nc1cccc(C(=O)Nc2ccncc2)c1. The van der Waals surface area contributed by atoms with E-state index in [9.17, 15) is 14.4 Å². The van der Waals surface area contributed by atoms with Gasteiger partial charge in [0.05, 0.1) is 11.0 Å². The van der Waals surface area contributed by atoms with E-state index < -0.39 is 0 Å². The highest BCUT2D eigenvalue weighted by Crippen LogP contribution is 2.20. The average Bonchev–Trinajstić information content (AvgIpc) is 2.87. The van der Waals surface area contributed by atoms with Gasteiger partial charge in [0.2, 0.25) is 5.91 Å². The largest absolute Gasteiger partial charge is 0.331 e. The van der Waals surface area contributed by atoms with Gasteiger partial charge < -0.3 is 15.2 Å². The molecule has 0 fully saturated rings. The van der Waals surface area contributed by atoms with Crippen molar-refractivity contribution < 1.29 is 9.59 Å². The number of anilines is 2. The number of benzene rings is 3. The topological polar surface area (TPSA) is 93.1 Å². The number of aromatic nitrogens is 2. The zero-order valence-electron chi connectivity index (χ0n) is 18.1. The van der Waals surface area contributed by atoms with Gasteiger partial charge in [0, 0.05) is 40.1 Å². The molecule has 2 aromatic heterocycles. The number of fused-ring (bicyclic) bond motifs is 2. The molecule has 34 heavy (non-hydrogen) atoms. The molecule has 5 aromatic rings. The van der Waals surface area contributed by atoms with Crippen LogP contribution in [-0.2, 0) is 11.3 Å². The normalized spacial score (nSPS) is 10.8. The fourth-order valence-corrected chi connectivity index (χ4v) is 3.97. The third kappa shape index (κ3) is 4.14. The van der Waals surface area contributed by atoms with Gasteiger partial charge in [-0.2, -0.15) is 0 Å². The van der Waals surface area contributed by atoms with Crippen LogP contribution in [0, 0.1) is 0 Å². The molecule has 0 aliphatic heterocycles. The minimum Gasteiger partial charge on any atom is -0.331 e. The van der Waals surface area contributed by atoms with Gasteiger partial charge in [0.1, 0.15) is 6.54 Å². The Bertz CT molecular complexity index is 1530. The Kier molecular flexibility index (Phi) is 5.58. The van der Waals surface area contributed by atoms with Gasteiger partial charge in [0.15, 0.2) is 5.43 Å². The molecule has 0 bridgehead atoms. The van der Waals surface area contributed by atoms with E-state index in [1.165, 1.54) is 0 Å². The van der Waals surface area contributed by atoms with Crippen LogP contribution in [0.25, 0.3) is 21.8 Å². The van der Waals surface area contributed by atoms with E-state index in [0.717, 1.165) is 0 Å². The van der Waals surface area contributed by atoms with Gasteiger partial charge in [0.25, 0.3) is 5.91 Å². The van der Waals surface area contributed by atoms with Gasteiger partial charge in [-0.05, 0) is 54.6 Å². The molecular formula is C27H20N4O3. The van der Waals surface area contributed by atoms with Gasteiger partial charge in [-0.3, -0.25) is 19.4 Å². The molecule has 7 heteroatoms. The number of amides is 2. The van der Waals surface area contributed by atoms with Gasteiger partial charge in [-0.1, -0.05) is 30.3 Å². The second kappa shape index (κ2) is 8.99. The first-order valence-corrected chi connectivity index (χ1v) is 10.7. The quantitative estimate of drug-likeness (QED) is 0.389. The third-order valence-electron chi connectivity index (χ3n) is 5.53. The number of para-hydroxylation sites is 2. The fraction of sp³-hybridized carbons (Fsp3) is 0.0370. The minimum atomic E-state index is -0.292. The summed E-state index contributed by atoms with van der Waals surface area (Å²) in [6.45, 7) is 0.00868. The van der Waals surface area contributed by atoms with Crippen LogP contribution in [-0.4, -0.2) is 21.4 Å². The molecule has 0 unspecified atom stereocenters. The Hall–Kier alpha value is -4.78. The lowest BCUT2D eigenvalue weighted by atomic mass is 10.1. The second-order valence-corrected chi connectivity index (χ2v) is 7.77. The van der Waals surface area contributed by atoms with E-state index in [1.54, 1.807) is 60.9 Å². The molecule has 3 aromatic carbocycles. The van der Waals surface area contributed by atoms with Crippen LogP contribution in [0.3, 0.4) is 0 Å². The molecule has 0 radical (unpaired) electrons. The number of carbonyl (C=O) groups excluding carboxylic acids is 2. The summed E-state index contributed by atoms with van der Waals surface area (Å²) in [5.74, 6) is -0.564. The second-order valence-electron chi connectivity index (χ2n) is 7.77. The van der Waals surface area contributed by atoms with E-state index in [-0.39, 0.29) is 23.8 Å². The van der Waals surface area contributed by atoms with Crippen LogP contribution in [0.2, 0.25) is 0 Å². The molecule has 0 saturated heterocycles. The zero-order chi connectivity index (χ0) is 23.5. The lowest BCUT2D eigenvalue weighted by Gasteiger charge is -2.15. The number of hydrogen-bond acceptors (Lipinski definition) is 4. The highest BCUT2D eigenvalue weighted by molar-refractivity contribution is 6.05. The molecule has 0 atom stereocenters. The first-order chi connectivity index (χ1) is 16.6. The van der Waals surface area contributed by atoms with Crippen molar-refractivity contribution in [3.8, 4) is 0 Å². The molecular weight excluding hydrogens is 428 g/mol. The van der Waals surface area contributed by atoms with E-state index in [0.29, 0.717) is 38.7 Å².